The molecule has 0 spiro atoms. The highest BCUT2D eigenvalue weighted by molar-refractivity contribution is 6.31. The normalized spacial score (nSPS) is 20.3. The Morgan fingerprint density at radius 3 is 3.06 bits per heavy atom. The van der Waals surface area contributed by atoms with Crippen molar-refractivity contribution >= 4 is 17.3 Å². The summed E-state index contributed by atoms with van der Waals surface area (Å²) < 4.78 is 5.50. The molecule has 1 unspecified atom stereocenters. The maximum Gasteiger partial charge on any atom is 0.0506 e. The molecule has 1 aliphatic rings. The fourth-order valence-electron chi connectivity index (χ4n) is 2.46. The molecule has 1 heterocycles. The molecule has 2 N–H and O–H groups in total. The van der Waals surface area contributed by atoms with Gasteiger partial charge in [-0.05, 0) is 49.6 Å². The summed E-state index contributed by atoms with van der Waals surface area (Å²) in [5, 5.41) is 0.788. The summed E-state index contributed by atoms with van der Waals surface area (Å²) in [6, 6.07) is 5.65. The standard InChI is InChI=1S/C14H21ClN2O/c1-17(8-11-3-2-6-18-10-11)9-12-7-13(16)4-5-14(12)15/h4-5,7,11H,2-3,6,8-10,16H2,1H3. The fraction of sp³-hybridized carbons (Fsp3) is 0.571. The van der Waals surface area contributed by atoms with Crippen LogP contribution in [0, 0.1) is 5.92 Å². The third-order valence-corrected chi connectivity index (χ3v) is 3.70. The zero-order chi connectivity index (χ0) is 13.0. The molecule has 100 valence electrons. The molecular formula is C14H21ClN2O. The molecule has 0 radical (unpaired) electrons. The van der Waals surface area contributed by atoms with E-state index in [0.717, 1.165) is 42.6 Å². The van der Waals surface area contributed by atoms with E-state index in [-0.39, 0.29) is 0 Å². The monoisotopic (exact) mass is 268 g/mol. The first-order valence-electron chi connectivity index (χ1n) is 6.45. The lowest BCUT2D eigenvalue weighted by atomic mass is 10.0. The summed E-state index contributed by atoms with van der Waals surface area (Å²) in [5.74, 6) is 0.642. The van der Waals surface area contributed by atoms with E-state index < -0.39 is 0 Å². The van der Waals surface area contributed by atoms with Crippen molar-refractivity contribution in [3.63, 3.8) is 0 Å². The van der Waals surface area contributed by atoms with Crippen LogP contribution >= 0.6 is 11.6 Å². The van der Waals surface area contributed by atoms with Crippen LogP contribution in [0.3, 0.4) is 0 Å². The molecule has 0 aromatic heterocycles. The predicted octanol–water partition coefficient (Wildman–Crippen LogP) is 2.78. The number of ether oxygens (including phenoxy) is 1. The van der Waals surface area contributed by atoms with Crippen LogP contribution in [0.1, 0.15) is 18.4 Å². The van der Waals surface area contributed by atoms with Gasteiger partial charge in [0.05, 0.1) is 6.61 Å². The van der Waals surface area contributed by atoms with Crippen molar-refractivity contribution in [1.82, 2.24) is 4.90 Å². The van der Waals surface area contributed by atoms with Gasteiger partial charge in [0, 0.05) is 30.4 Å². The summed E-state index contributed by atoms with van der Waals surface area (Å²) in [6.07, 6.45) is 2.44. The predicted molar refractivity (Wildman–Crippen MR) is 75.7 cm³/mol. The highest BCUT2D eigenvalue weighted by Gasteiger charge is 2.16. The third-order valence-electron chi connectivity index (χ3n) is 3.33. The Kier molecular flexibility index (Phi) is 4.87. The summed E-state index contributed by atoms with van der Waals surface area (Å²) in [5.41, 5.74) is 7.65. The first-order chi connectivity index (χ1) is 8.65. The number of hydrogen-bond donors (Lipinski definition) is 1. The van der Waals surface area contributed by atoms with Crippen molar-refractivity contribution in [2.24, 2.45) is 5.92 Å². The number of benzene rings is 1. The minimum Gasteiger partial charge on any atom is -0.399 e. The molecule has 1 saturated heterocycles. The van der Waals surface area contributed by atoms with Crippen LogP contribution in [-0.2, 0) is 11.3 Å². The molecule has 0 amide bonds. The number of nitrogens with zero attached hydrogens (tertiary/aromatic N) is 1. The highest BCUT2D eigenvalue weighted by Crippen LogP contribution is 2.21. The topological polar surface area (TPSA) is 38.5 Å². The number of halogens is 1. The Balaban J connectivity index is 1.89. The van der Waals surface area contributed by atoms with E-state index in [9.17, 15) is 0 Å². The van der Waals surface area contributed by atoms with Crippen LogP contribution in [-0.4, -0.2) is 31.7 Å². The molecule has 1 atom stereocenters. The van der Waals surface area contributed by atoms with E-state index in [1.54, 1.807) is 0 Å². The van der Waals surface area contributed by atoms with Crippen LogP contribution in [0.25, 0.3) is 0 Å². The van der Waals surface area contributed by atoms with Gasteiger partial charge in [-0.25, -0.2) is 0 Å². The van der Waals surface area contributed by atoms with E-state index >= 15 is 0 Å². The molecular weight excluding hydrogens is 248 g/mol. The van der Waals surface area contributed by atoms with Crippen LogP contribution in [0.5, 0.6) is 0 Å². The molecule has 0 aliphatic carbocycles. The lowest BCUT2D eigenvalue weighted by Gasteiger charge is -2.27. The number of anilines is 1. The molecule has 2 rings (SSSR count). The molecule has 1 aliphatic heterocycles. The van der Waals surface area contributed by atoms with Gasteiger partial charge >= 0.3 is 0 Å². The van der Waals surface area contributed by atoms with Gasteiger partial charge in [-0.1, -0.05) is 11.6 Å². The maximum atomic E-state index is 6.18. The lowest BCUT2D eigenvalue weighted by molar-refractivity contribution is 0.0411. The molecule has 1 fully saturated rings. The summed E-state index contributed by atoms with van der Waals surface area (Å²) in [6.45, 7) is 3.68. The molecule has 1 aromatic carbocycles. The van der Waals surface area contributed by atoms with Crippen LogP contribution < -0.4 is 5.73 Å². The van der Waals surface area contributed by atoms with Crippen molar-refractivity contribution in [3.8, 4) is 0 Å². The zero-order valence-electron chi connectivity index (χ0n) is 10.9. The average Bonchev–Trinajstić information content (AvgIpc) is 2.35. The van der Waals surface area contributed by atoms with Gasteiger partial charge in [-0.15, -0.1) is 0 Å². The second-order valence-electron chi connectivity index (χ2n) is 5.13. The second kappa shape index (κ2) is 6.41. The number of nitrogens with two attached hydrogens (primary N) is 1. The molecule has 1 aromatic rings. The number of rotatable bonds is 4. The Labute approximate surface area is 114 Å². The third kappa shape index (κ3) is 3.87. The molecule has 0 saturated carbocycles. The van der Waals surface area contributed by atoms with Crippen molar-refractivity contribution in [2.75, 3.05) is 32.5 Å². The van der Waals surface area contributed by atoms with E-state index in [2.05, 4.69) is 11.9 Å². The van der Waals surface area contributed by atoms with Gasteiger partial charge in [0.2, 0.25) is 0 Å². The van der Waals surface area contributed by atoms with Gasteiger partial charge in [-0.3, -0.25) is 0 Å². The van der Waals surface area contributed by atoms with Gasteiger partial charge in [0.25, 0.3) is 0 Å². The Bertz CT molecular complexity index is 391. The largest absolute Gasteiger partial charge is 0.399 e. The van der Waals surface area contributed by atoms with Gasteiger partial charge < -0.3 is 15.4 Å². The van der Waals surface area contributed by atoms with Crippen LogP contribution in [0.15, 0.2) is 18.2 Å². The minimum atomic E-state index is 0.642. The summed E-state index contributed by atoms with van der Waals surface area (Å²) in [7, 11) is 2.12. The Morgan fingerprint density at radius 2 is 2.33 bits per heavy atom. The van der Waals surface area contributed by atoms with E-state index in [4.69, 9.17) is 22.1 Å². The van der Waals surface area contributed by atoms with E-state index in [1.807, 2.05) is 18.2 Å². The highest BCUT2D eigenvalue weighted by atomic mass is 35.5. The van der Waals surface area contributed by atoms with Gasteiger partial charge in [0.1, 0.15) is 0 Å². The van der Waals surface area contributed by atoms with Gasteiger partial charge in [-0.2, -0.15) is 0 Å². The van der Waals surface area contributed by atoms with Crippen molar-refractivity contribution in [3.05, 3.63) is 28.8 Å². The summed E-state index contributed by atoms with van der Waals surface area (Å²) in [4.78, 5) is 2.29. The molecule has 3 nitrogen and oxygen atoms in total. The molecule has 4 heteroatoms. The van der Waals surface area contributed by atoms with Crippen LogP contribution in [0.4, 0.5) is 5.69 Å². The van der Waals surface area contributed by atoms with Crippen molar-refractivity contribution in [2.45, 2.75) is 19.4 Å². The average molecular weight is 269 g/mol. The van der Waals surface area contributed by atoms with Crippen molar-refractivity contribution < 1.29 is 4.74 Å². The lowest BCUT2D eigenvalue weighted by Crippen LogP contribution is -2.30. The number of nitrogen functional groups attached to an aromatic ring is 1. The van der Waals surface area contributed by atoms with Gasteiger partial charge in [0.15, 0.2) is 0 Å². The Morgan fingerprint density at radius 1 is 1.50 bits per heavy atom. The fourth-order valence-corrected chi connectivity index (χ4v) is 2.64. The molecule has 0 bridgehead atoms. The SMILES string of the molecule is CN(Cc1cc(N)ccc1Cl)CC1CCCOC1. The smallest absolute Gasteiger partial charge is 0.0506 e. The minimum absolute atomic E-state index is 0.642. The molecule has 18 heavy (non-hydrogen) atoms. The number of hydrogen-bond acceptors (Lipinski definition) is 3. The quantitative estimate of drug-likeness (QED) is 0.854. The first kappa shape index (κ1) is 13.7. The maximum absolute atomic E-state index is 6.18. The Hall–Kier alpha value is -0.770. The van der Waals surface area contributed by atoms with Crippen molar-refractivity contribution in [1.29, 1.82) is 0 Å². The van der Waals surface area contributed by atoms with Crippen LogP contribution in [0.2, 0.25) is 5.02 Å². The van der Waals surface area contributed by atoms with E-state index in [1.165, 1.54) is 12.8 Å². The summed E-state index contributed by atoms with van der Waals surface area (Å²) >= 11 is 6.18. The first-order valence-corrected chi connectivity index (χ1v) is 6.83. The zero-order valence-corrected chi connectivity index (χ0v) is 11.6. The van der Waals surface area contributed by atoms with E-state index in [0.29, 0.717) is 5.92 Å². The second-order valence-corrected chi connectivity index (χ2v) is 5.54.